The minimum absolute atomic E-state index is 0.237. The van der Waals surface area contributed by atoms with E-state index in [4.69, 9.17) is 11.6 Å². The number of carbonyl (C=O) groups excluding carboxylic acids is 1. The predicted octanol–water partition coefficient (Wildman–Crippen LogP) is 5.64. The third kappa shape index (κ3) is 3.76. The Hall–Kier alpha value is -2.78. The number of para-hydroxylation sites is 2. The van der Waals surface area contributed by atoms with E-state index in [2.05, 4.69) is 10.6 Å². The van der Waals surface area contributed by atoms with Gasteiger partial charge in [-0.1, -0.05) is 53.6 Å². The highest BCUT2D eigenvalue weighted by atomic mass is 35.5. The lowest BCUT2D eigenvalue weighted by molar-refractivity contribution is 0.102. The molecule has 0 aliphatic heterocycles. The molecule has 120 valence electrons. The molecule has 0 aromatic heterocycles. The van der Waals surface area contributed by atoms with Crippen LogP contribution in [-0.4, -0.2) is 5.91 Å². The van der Waals surface area contributed by atoms with Gasteiger partial charge in [0.05, 0.1) is 22.0 Å². The third-order valence-electron chi connectivity index (χ3n) is 3.62. The molecular weight excluding hydrogens is 320 g/mol. The monoisotopic (exact) mass is 336 g/mol. The first kappa shape index (κ1) is 16.1. The molecule has 2 N–H and O–H groups in total. The quantitative estimate of drug-likeness (QED) is 0.647. The Morgan fingerprint density at radius 3 is 2.17 bits per heavy atom. The van der Waals surface area contributed by atoms with Gasteiger partial charge in [-0.25, -0.2) is 0 Å². The molecule has 3 nitrogen and oxygen atoms in total. The molecule has 0 unspecified atom stereocenters. The summed E-state index contributed by atoms with van der Waals surface area (Å²) in [6, 6.07) is 22.6. The van der Waals surface area contributed by atoms with Crippen LogP contribution in [0.1, 0.15) is 15.9 Å². The second-order valence-electron chi connectivity index (χ2n) is 5.47. The van der Waals surface area contributed by atoms with Gasteiger partial charge in [-0.05, 0) is 43.3 Å². The van der Waals surface area contributed by atoms with Crippen molar-refractivity contribution in [2.24, 2.45) is 0 Å². The second kappa shape index (κ2) is 7.20. The van der Waals surface area contributed by atoms with E-state index in [9.17, 15) is 4.79 Å². The number of nitrogens with one attached hydrogen (secondary N) is 2. The van der Waals surface area contributed by atoms with E-state index in [1.54, 1.807) is 24.3 Å². The van der Waals surface area contributed by atoms with E-state index >= 15 is 0 Å². The van der Waals surface area contributed by atoms with Crippen molar-refractivity contribution < 1.29 is 4.79 Å². The molecule has 0 spiro atoms. The van der Waals surface area contributed by atoms with E-state index in [1.165, 1.54) is 5.56 Å². The summed E-state index contributed by atoms with van der Waals surface area (Å²) < 4.78 is 0. The Kier molecular flexibility index (Phi) is 4.82. The predicted molar refractivity (Wildman–Crippen MR) is 100 cm³/mol. The van der Waals surface area contributed by atoms with Crippen LogP contribution in [0.4, 0.5) is 17.1 Å². The van der Waals surface area contributed by atoms with Crippen LogP contribution in [0.2, 0.25) is 5.02 Å². The largest absolute Gasteiger partial charge is 0.354 e. The molecular formula is C20H17ClN2O. The highest BCUT2D eigenvalue weighted by molar-refractivity contribution is 6.34. The maximum Gasteiger partial charge on any atom is 0.257 e. The lowest BCUT2D eigenvalue weighted by atomic mass is 10.2. The molecule has 3 rings (SSSR count). The van der Waals surface area contributed by atoms with Gasteiger partial charge < -0.3 is 10.6 Å². The van der Waals surface area contributed by atoms with Gasteiger partial charge in [-0.3, -0.25) is 4.79 Å². The third-order valence-corrected chi connectivity index (χ3v) is 3.95. The van der Waals surface area contributed by atoms with E-state index < -0.39 is 0 Å². The molecule has 3 aromatic rings. The number of aryl methyl sites for hydroxylation is 1. The van der Waals surface area contributed by atoms with Crippen LogP contribution < -0.4 is 10.6 Å². The van der Waals surface area contributed by atoms with E-state index in [-0.39, 0.29) is 5.91 Å². The molecule has 0 radical (unpaired) electrons. The zero-order valence-electron chi connectivity index (χ0n) is 13.2. The van der Waals surface area contributed by atoms with Crippen molar-refractivity contribution in [2.75, 3.05) is 10.6 Å². The average molecular weight is 337 g/mol. The Bertz CT molecular complexity index is 860. The number of amides is 1. The van der Waals surface area contributed by atoms with Gasteiger partial charge in [0.15, 0.2) is 0 Å². The van der Waals surface area contributed by atoms with Crippen molar-refractivity contribution in [1.82, 2.24) is 0 Å². The lowest BCUT2D eigenvalue weighted by Gasteiger charge is -2.13. The minimum Gasteiger partial charge on any atom is -0.354 e. The summed E-state index contributed by atoms with van der Waals surface area (Å²) >= 11 is 6.09. The number of halogens is 1. The van der Waals surface area contributed by atoms with Crippen molar-refractivity contribution in [3.05, 3.63) is 88.9 Å². The summed E-state index contributed by atoms with van der Waals surface area (Å²) in [6.07, 6.45) is 0. The van der Waals surface area contributed by atoms with Gasteiger partial charge in [0, 0.05) is 5.69 Å². The van der Waals surface area contributed by atoms with Gasteiger partial charge in [-0.15, -0.1) is 0 Å². The molecule has 0 aliphatic carbocycles. The zero-order valence-corrected chi connectivity index (χ0v) is 14.0. The SMILES string of the molecule is Cc1ccc(Nc2ccccc2NC(=O)c2ccccc2Cl)cc1. The first-order chi connectivity index (χ1) is 11.6. The molecule has 0 atom stereocenters. The topological polar surface area (TPSA) is 41.1 Å². The first-order valence-corrected chi connectivity index (χ1v) is 8.00. The molecule has 24 heavy (non-hydrogen) atoms. The Morgan fingerprint density at radius 2 is 1.46 bits per heavy atom. The summed E-state index contributed by atoms with van der Waals surface area (Å²) in [4.78, 5) is 12.5. The van der Waals surface area contributed by atoms with E-state index in [1.807, 2.05) is 55.5 Å². The summed E-state index contributed by atoms with van der Waals surface area (Å²) in [5.41, 5.74) is 4.12. The van der Waals surface area contributed by atoms with Crippen molar-refractivity contribution >= 4 is 34.6 Å². The zero-order chi connectivity index (χ0) is 16.9. The van der Waals surface area contributed by atoms with Crippen molar-refractivity contribution in [2.45, 2.75) is 6.92 Å². The van der Waals surface area contributed by atoms with Gasteiger partial charge in [0.1, 0.15) is 0 Å². The molecule has 4 heteroatoms. The minimum atomic E-state index is -0.237. The van der Waals surface area contributed by atoms with Crippen LogP contribution in [0.15, 0.2) is 72.8 Å². The standard InChI is InChI=1S/C20H17ClN2O/c1-14-10-12-15(13-11-14)22-18-8-4-5-9-19(18)23-20(24)16-6-2-3-7-17(16)21/h2-13,22H,1H3,(H,23,24). The van der Waals surface area contributed by atoms with Crippen LogP contribution in [0.5, 0.6) is 0 Å². The van der Waals surface area contributed by atoms with Gasteiger partial charge >= 0.3 is 0 Å². The fourth-order valence-electron chi connectivity index (χ4n) is 2.33. The average Bonchev–Trinajstić information content (AvgIpc) is 2.59. The molecule has 0 fully saturated rings. The van der Waals surface area contributed by atoms with E-state index in [0.717, 1.165) is 11.4 Å². The van der Waals surface area contributed by atoms with Crippen molar-refractivity contribution in [3.63, 3.8) is 0 Å². The normalized spacial score (nSPS) is 10.2. The number of benzene rings is 3. The molecule has 0 aliphatic rings. The molecule has 0 heterocycles. The first-order valence-electron chi connectivity index (χ1n) is 7.62. The summed E-state index contributed by atoms with van der Waals surface area (Å²) in [7, 11) is 0. The number of hydrogen-bond donors (Lipinski definition) is 2. The van der Waals surface area contributed by atoms with Gasteiger partial charge in [0.25, 0.3) is 5.91 Å². The number of hydrogen-bond acceptors (Lipinski definition) is 2. The summed E-state index contributed by atoms with van der Waals surface area (Å²) in [5, 5.41) is 6.67. The molecule has 1 amide bonds. The summed E-state index contributed by atoms with van der Waals surface area (Å²) in [5.74, 6) is -0.237. The number of carbonyl (C=O) groups is 1. The van der Waals surface area contributed by atoms with Crippen LogP contribution >= 0.6 is 11.6 Å². The van der Waals surface area contributed by atoms with Gasteiger partial charge in [-0.2, -0.15) is 0 Å². The molecule has 0 bridgehead atoms. The molecule has 0 saturated carbocycles. The summed E-state index contributed by atoms with van der Waals surface area (Å²) in [6.45, 7) is 2.04. The molecule has 3 aromatic carbocycles. The maximum atomic E-state index is 12.5. The smallest absolute Gasteiger partial charge is 0.257 e. The fraction of sp³-hybridized carbons (Fsp3) is 0.0500. The van der Waals surface area contributed by atoms with Crippen molar-refractivity contribution in [3.8, 4) is 0 Å². The van der Waals surface area contributed by atoms with Crippen molar-refractivity contribution in [1.29, 1.82) is 0 Å². The Labute approximate surface area is 146 Å². The maximum absolute atomic E-state index is 12.5. The highest BCUT2D eigenvalue weighted by Crippen LogP contribution is 2.26. The fourth-order valence-corrected chi connectivity index (χ4v) is 2.55. The van der Waals surface area contributed by atoms with E-state index in [0.29, 0.717) is 16.3 Å². The van der Waals surface area contributed by atoms with Crippen LogP contribution in [0.3, 0.4) is 0 Å². The van der Waals surface area contributed by atoms with Crippen LogP contribution in [0, 0.1) is 6.92 Å². The molecule has 0 saturated heterocycles. The second-order valence-corrected chi connectivity index (χ2v) is 5.88. The number of anilines is 3. The highest BCUT2D eigenvalue weighted by Gasteiger charge is 2.11. The van der Waals surface area contributed by atoms with Crippen LogP contribution in [-0.2, 0) is 0 Å². The lowest BCUT2D eigenvalue weighted by Crippen LogP contribution is -2.13. The Morgan fingerprint density at radius 1 is 0.833 bits per heavy atom. The van der Waals surface area contributed by atoms with Gasteiger partial charge in [0.2, 0.25) is 0 Å². The number of rotatable bonds is 4. The Balaban J connectivity index is 1.83. The van der Waals surface area contributed by atoms with Crippen LogP contribution in [0.25, 0.3) is 0 Å².